The predicted molar refractivity (Wildman–Crippen MR) is 120 cm³/mol. The average Bonchev–Trinajstić information content (AvgIpc) is 3.14. The molecule has 0 spiro atoms. The number of benzene rings is 3. The Morgan fingerprint density at radius 1 is 1.06 bits per heavy atom. The third-order valence-electron chi connectivity index (χ3n) is 4.85. The van der Waals surface area contributed by atoms with E-state index < -0.39 is 0 Å². The van der Waals surface area contributed by atoms with Crippen molar-refractivity contribution < 1.29 is 14.6 Å². The maximum atomic E-state index is 12.3. The van der Waals surface area contributed by atoms with Gasteiger partial charge in [-0.3, -0.25) is 4.79 Å². The molecule has 0 aliphatic heterocycles. The highest BCUT2D eigenvalue weighted by atomic mass is 35.5. The van der Waals surface area contributed by atoms with Crippen LogP contribution in [0.5, 0.6) is 5.75 Å². The molecule has 1 aromatic heterocycles. The van der Waals surface area contributed by atoms with E-state index >= 15 is 0 Å². The number of ether oxygens (including phenoxy) is 1. The normalized spacial score (nSPS) is 10.9. The molecule has 0 bridgehead atoms. The zero-order chi connectivity index (χ0) is 21.6. The minimum atomic E-state index is -0.245. The van der Waals surface area contributed by atoms with Gasteiger partial charge in [-0.2, -0.15) is 0 Å². The van der Waals surface area contributed by atoms with E-state index in [0.717, 1.165) is 22.7 Å². The third-order valence-corrected chi connectivity index (χ3v) is 5.10. The molecule has 158 valence electrons. The predicted octanol–water partition coefficient (Wildman–Crippen LogP) is 4.04. The molecule has 31 heavy (non-hydrogen) atoms. The van der Waals surface area contributed by atoms with Crippen LogP contribution in [0.2, 0.25) is 5.02 Å². The fourth-order valence-corrected chi connectivity index (χ4v) is 3.44. The van der Waals surface area contributed by atoms with Crippen LogP contribution >= 0.6 is 11.6 Å². The van der Waals surface area contributed by atoms with Gasteiger partial charge in [-0.1, -0.05) is 41.9 Å². The van der Waals surface area contributed by atoms with Gasteiger partial charge in [-0.15, -0.1) is 0 Å². The van der Waals surface area contributed by atoms with Gasteiger partial charge < -0.3 is 19.7 Å². The van der Waals surface area contributed by atoms with Crippen molar-refractivity contribution in [3.8, 4) is 5.75 Å². The monoisotopic (exact) mass is 435 g/mol. The Hall–Kier alpha value is -3.35. The first-order chi connectivity index (χ1) is 15.1. The molecule has 1 amide bonds. The summed E-state index contributed by atoms with van der Waals surface area (Å²) in [7, 11) is 0. The highest BCUT2D eigenvalue weighted by molar-refractivity contribution is 6.30. The SMILES string of the molecule is O=C(NCCO)c1ccc2c(c1)nc(COc1ccccc1)n2Cc1ccc(Cl)cc1. The lowest BCUT2D eigenvalue weighted by molar-refractivity contribution is 0.0945. The number of para-hydroxylation sites is 1. The number of imidazole rings is 1. The molecule has 4 aromatic rings. The largest absolute Gasteiger partial charge is 0.486 e. The van der Waals surface area contributed by atoms with Crippen LogP contribution in [0.15, 0.2) is 72.8 Å². The maximum Gasteiger partial charge on any atom is 0.251 e. The third kappa shape index (κ3) is 5.05. The molecule has 0 radical (unpaired) electrons. The molecule has 0 saturated carbocycles. The van der Waals surface area contributed by atoms with Crippen LogP contribution in [0.3, 0.4) is 0 Å². The van der Waals surface area contributed by atoms with Crippen molar-refractivity contribution >= 4 is 28.5 Å². The number of fused-ring (bicyclic) bond motifs is 1. The molecule has 0 unspecified atom stereocenters. The second-order valence-electron chi connectivity index (χ2n) is 7.03. The lowest BCUT2D eigenvalue weighted by Gasteiger charge is -2.11. The van der Waals surface area contributed by atoms with Gasteiger partial charge in [0.25, 0.3) is 5.91 Å². The van der Waals surface area contributed by atoms with E-state index in [1.807, 2.05) is 60.7 Å². The summed E-state index contributed by atoms with van der Waals surface area (Å²) >= 11 is 6.03. The van der Waals surface area contributed by atoms with Crippen molar-refractivity contribution in [2.75, 3.05) is 13.2 Å². The summed E-state index contributed by atoms with van der Waals surface area (Å²) in [6.07, 6.45) is 0. The summed E-state index contributed by atoms with van der Waals surface area (Å²) in [5, 5.41) is 12.3. The van der Waals surface area contributed by atoms with Gasteiger partial charge in [0, 0.05) is 23.7 Å². The number of nitrogens with zero attached hydrogens (tertiary/aromatic N) is 2. The lowest BCUT2D eigenvalue weighted by atomic mass is 10.1. The topological polar surface area (TPSA) is 76.4 Å². The average molecular weight is 436 g/mol. The number of hydrogen-bond acceptors (Lipinski definition) is 4. The van der Waals surface area contributed by atoms with Crippen LogP contribution in [0, 0.1) is 0 Å². The molecule has 4 rings (SSSR count). The van der Waals surface area contributed by atoms with E-state index in [1.165, 1.54) is 0 Å². The van der Waals surface area contributed by atoms with E-state index in [-0.39, 0.29) is 19.1 Å². The quantitative estimate of drug-likeness (QED) is 0.438. The van der Waals surface area contributed by atoms with Crippen molar-refractivity contribution in [3.63, 3.8) is 0 Å². The molecule has 0 aliphatic rings. The van der Waals surface area contributed by atoms with Crippen molar-refractivity contribution in [1.82, 2.24) is 14.9 Å². The van der Waals surface area contributed by atoms with Crippen LogP contribution in [0.25, 0.3) is 11.0 Å². The second kappa shape index (κ2) is 9.64. The standard InChI is InChI=1S/C24H22ClN3O3/c25-19-9-6-17(7-10-19)15-28-22-11-8-18(24(30)26-12-13-29)14-21(22)27-23(28)16-31-20-4-2-1-3-5-20/h1-11,14,29H,12-13,15-16H2,(H,26,30). The number of nitrogens with one attached hydrogen (secondary N) is 1. The van der Waals surface area contributed by atoms with E-state index in [4.69, 9.17) is 26.4 Å². The molecule has 2 N–H and O–H groups in total. The number of halogens is 1. The molecule has 7 heteroatoms. The van der Waals surface area contributed by atoms with Crippen LogP contribution < -0.4 is 10.1 Å². The Balaban J connectivity index is 1.67. The number of aliphatic hydroxyl groups is 1. The number of aliphatic hydroxyl groups excluding tert-OH is 1. The molecule has 0 atom stereocenters. The van der Waals surface area contributed by atoms with Gasteiger partial charge >= 0.3 is 0 Å². The van der Waals surface area contributed by atoms with Crippen molar-refractivity contribution in [2.45, 2.75) is 13.2 Å². The highest BCUT2D eigenvalue weighted by Crippen LogP contribution is 2.22. The first kappa shape index (κ1) is 20.9. The van der Waals surface area contributed by atoms with E-state index in [9.17, 15) is 4.79 Å². The number of amides is 1. The number of hydrogen-bond donors (Lipinski definition) is 2. The maximum absolute atomic E-state index is 12.3. The van der Waals surface area contributed by atoms with Gasteiger partial charge in [0.15, 0.2) is 0 Å². The van der Waals surface area contributed by atoms with E-state index in [0.29, 0.717) is 29.3 Å². The first-order valence-corrected chi connectivity index (χ1v) is 10.3. The Bertz CT molecular complexity index is 1170. The van der Waals surface area contributed by atoms with Gasteiger partial charge in [0.05, 0.1) is 17.6 Å². The summed E-state index contributed by atoms with van der Waals surface area (Å²) in [6.45, 7) is 0.984. The van der Waals surface area contributed by atoms with Crippen molar-refractivity contribution in [1.29, 1.82) is 0 Å². The Labute approximate surface area is 185 Å². The Kier molecular flexibility index (Phi) is 6.50. The summed E-state index contributed by atoms with van der Waals surface area (Å²) in [4.78, 5) is 17.0. The van der Waals surface area contributed by atoms with Gasteiger partial charge in [-0.25, -0.2) is 4.98 Å². The Morgan fingerprint density at radius 3 is 2.58 bits per heavy atom. The first-order valence-electron chi connectivity index (χ1n) is 9.94. The number of aromatic nitrogens is 2. The molecule has 6 nitrogen and oxygen atoms in total. The minimum absolute atomic E-state index is 0.106. The molecule has 0 fully saturated rings. The number of rotatable bonds is 8. The summed E-state index contributed by atoms with van der Waals surface area (Å²) in [5.41, 5.74) is 3.18. The van der Waals surface area contributed by atoms with Crippen LogP contribution in [0.4, 0.5) is 0 Å². The highest BCUT2D eigenvalue weighted by Gasteiger charge is 2.15. The fraction of sp³-hybridized carbons (Fsp3) is 0.167. The van der Waals surface area contributed by atoms with E-state index in [1.54, 1.807) is 12.1 Å². The molecule has 0 aliphatic carbocycles. The summed E-state index contributed by atoms with van der Waals surface area (Å²) in [6, 6.07) is 22.7. The second-order valence-corrected chi connectivity index (χ2v) is 7.46. The van der Waals surface area contributed by atoms with Gasteiger partial charge in [0.2, 0.25) is 0 Å². The molecular formula is C24H22ClN3O3. The smallest absolute Gasteiger partial charge is 0.251 e. The number of carbonyl (C=O) groups excluding carboxylic acids is 1. The zero-order valence-corrected chi connectivity index (χ0v) is 17.5. The van der Waals surface area contributed by atoms with Gasteiger partial charge in [0.1, 0.15) is 18.2 Å². The van der Waals surface area contributed by atoms with Crippen LogP contribution in [-0.4, -0.2) is 33.7 Å². The minimum Gasteiger partial charge on any atom is -0.486 e. The Morgan fingerprint density at radius 2 is 1.84 bits per heavy atom. The van der Waals surface area contributed by atoms with Crippen molar-refractivity contribution in [3.05, 3.63) is 94.8 Å². The molecular weight excluding hydrogens is 414 g/mol. The summed E-state index contributed by atoms with van der Waals surface area (Å²) < 4.78 is 8.02. The molecule has 0 saturated heterocycles. The zero-order valence-electron chi connectivity index (χ0n) is 16.8. The van der Waals surface area contributed by atoms with E-state index in [2.05, 4.69) is 9.88 Å². The fourth-order valence-electron chi connectivity index (χ4n) is 3.32. The molecule has 1 heterocycles. The van der Waals surface area contributed by atoms with Crippen LogP contribution in [-0.2, 0) is 13.2 Å². The van der Waals surface area contributed by atoms with Gasteiger partial charge in [-0.05, 0) is 48.0 Å². The van der Waals surface area contributed by atoms with Crippen molar-refractivity contribution in [2.24, 2.45) is 0 Å². The van der Waals surface area contributed by atoms with Crippen LogP contribution in [0.1, 0.15) is 21.7 Å². The summed E-state index contributed by atoms with van der Waals surface area (Å²) in [5.74, 6) is 1.27. The lowest BCUT2D eigenvalue weighted by Crippen LogP contribution is -2.26. The number of carbonyl (C=O) groups is 1. The molecule has 3 aromatic carbocycles.